The maximum Gasteiger partial charge on any atom is 0.324 e. The molecular formula is C32H33N5O3. The van der Waals surface area contributed by atoms with E-state index in [1.165, 1.54) is 0 Å². The Labute approximate surface area is 233 Å². The maximum absolute atomic E-state index is 13.2. The normalized spacial score (nSPS) is 12.2. The molecule has 0 bridgehead atoms. The molecule has 1 atom stereocenters. The van der Waals surface area contributed by atoms with Gasteiger partial charge < -0.3 is 15.2 Å². The topological polar surface area (TPSA) is 101 Å². The number of amides is 2. The highest BCUT2D eigenvalue weighted by Crippen LogP contribution is 2.33. The number of carbonyl (C=O) groups is 1. The number of aromatic nitrogens is 3. The average Bonchev–Trinajstić information content (AvgIpc) is 3.37. The molecule has 0 saturated heterocycles. The van der Waals surface area contributed by atoms with Crippen molar-refractivity contribution in [2.75, 3.05) is 17.2 Å². The first kappa shape index (κ1) is 26.9. The van der Waals surface area contributed by atoms with Crippen molar-refractivity contribution in [1.29, 1.82) is 0 Å². The number of aliphatic hydroxyl groups is 1. The van der Waals surface area contributed by atoms with Gasteiger partial charge in [-0.1, -0.05) is 62.7 Å². The number of nitrogens with zero attached hydrogens (tertiary/aromatic N) is 3. The summed E-state index contributed by atoms with van der Waals surface area (Å²) in [7, 11) is 0. The van der Waals surface area contributed by atoms with Crippen LogP contribution in [0.15, 0.2) is 91.3 Å². The number of hydrogen-bond acceptors (Lipinski definition) is 5. The first-order valence-corrected chi connectivity index (χ1v) is 13.2. The van der Waals surface area contributed by atoms with E-state index in [1.807, 2.05) is 61.5 Å². The van der Waals surface area contributed by atoms with Gasteiger partial charge in [0.2, 0.25) is 0 Å². The molecule has 0 aliphatic heterocycles. The number of aryl methyl sites for hydroxylation is 1. The predicted octanol–water partition coefficient (Wildman–Crippen LogP) is 6.78. The summed E-state index contributed by atoms with van der Waals surface area (Å²) >= 11 is 0. The number of rotatable bonds is 7. The lowest BCUT2D eigenvalue weighted by atomic mass is 9.92. The summed E-state index contributed by atoms with van der Waals surface area (Å²) in [5.74, 6) is 1.18. The van der Waals surface area contributed by atoms with Gasteiger partial charge in [0, 0.05) is 34.6 Å². The van der Waals surface area contributed by atoms with Crippen LogP contribution in [0.4, 0.5) is 16.3 Å². The SMILES string of the molecule is Cc1ccc(-n2nc(C(C)(C)C)cc2NC(=O)Nc2ccc(OCC(O)c3ccncc3)c3ccccc23)cc1. The highest BCUT2D eigenvalue weighted by atomic mass is 16.5. The highest BCUT2D eigenvalue weighted by Gasteiger charge is 2.22. The molecule has 0 fully saturated rings. The first-order valence-electron chi connectivity index (χ1n) is 13.2. The van der Waals surface area contributed by atoms with E-state index >= 15 is 0 Å². The number of carbonyl (C=O) groups excluding carboxylic acids is 1. The molecule has 0 aliphatic rings. The molecule has 2 heterocycles. The molecule has 5 aromatic rings. The molecule has 0 spiro atoms. The van der Waals surface area contributed by atoms with Crippen LogP contribution in [0.25, 0.3) is 16.5 Å². The minimum atomic E-state index is -0.790. The minimum Gasteiger partial charge on any atom is -0.490 e. The maximum atomic E-state index is 13.2. The average molecular weight is 536 g/mol. The number of nitrogens with one attached hydrogen (secondary N) is 2. The second-order valence-corrected chi connectivity index (χ2v) is 10.8. The Balaban J connectivity index is 1.37. The van der Waals surface area contributed by atoms with Crippen molar-refractivity contribution in [3.63, 3.8) is 0 Å². The van der Waals surface area contributed by atoms with Crippen molar-refractivity contribution < 1.29 is 14.6 Å². The Hall–Kier alpha value is -4.69. The molecule has 3 N–H and O–H groups in total. The molecule has 0 aliphatic carbocycles. The number of ether oxygens (including phenoxy) is 1. The fraction of sp³-hybridized carbons (Fsp3) is 0.219. The second-order valence-electron chi connectivity index (χ2n) is 10.8. The van der Waals surface area contributed by atoms with Gasteiger partial charge in [0.15, 0.2) is 0 Å². The number of aliphatic hydroxyl groups excluding tert-OH is 1. The number of urea groups is 1. The summed E-state index contributed by atoms with van der Waals surface area (Å²) in [4.78, 5) is 17.2. The second kappa shape index (κ2) is 11.2. The van der Waals surface area contributed by atoms with E-state index in [9.17, 15) is 9.90 Å². The van der Waals surface area contributed by atoms with Gasteiger partial charge in [-0.15, -0.1) is 0 Å². The summed E-state index contributed by atoms with van der Waals surface area (Å²) < 4.78 is 7.74. The number of benzene rings is 3. The van der Waals surface area contributed by atoms with Gasteiger partial charge in [-0.2, -0.15) is 5.10 Å². The standard InChI is InChI=1S/C32H33N5O3/c1-21-9-11-23(12-10-21)37-30(19-29(36-37)32(2,3)4)35-31(39)34-26-13-14-28(25-8-6-5-7-24(25)26)40-20-27(38)22-15-17-33-18-16-22/h5-19,27,38H,20H2,1-4H3,(H2,34,35,39). The van der Waals surface area contributed by atoms with Gasteiger partial charge in [0.05, 0.1) is 17.1 Å². The van der Waals surface area contributed by atoms with Gasteiger partial charge in [-0.25, -0.2) is 9.48 Å². The van der Waals surface area contributed by atoms with E-state index in [2.05, 4.69) is 36.4 Å². The van der Waals surface area contributed by atoms with Crippen LogP contribution in [-0.4, -0.2) is 32.5 Å². The zero-order valence-electron chi connectivity index (χ0n) is 23.1. The number of hydrogen-bond donors (Lipinski definition) is 3. The van der Waals surface area contributed by atoms with Crippen LogP contribution in [0.5, 0.6) is 5.75 Å². The molecule has 0 saturated carbocycles. The van der Waals surface area contributed by atoms with Crippen molar-refractivity contribution in [3.8, 4) is 11.4 Å². The molecule has 40 heavy (non-hydrogen) atoms. The van der Waals surface area contributed by atoms with Gasteiger partial charge in [-0.05, 0) is 48.9 Å². The Morgan fingerprint density at radius 3 is 2.35 bits per heavy atom. The minimum absolute atomic E-state index is 0.0837. The zero-order chi connectivity index (χ0) is 28.3. The Bertz CT molecular complexity index is 1620. The molecule has 204 valence electrons. The molecule has 1 unspecified atom stereocenters. The Morgan fingerprint density at radius 1 is 0.950 bits per heavy atom. The lowest BCUT2D eigenvalue weighted by Crippen LogP contribution is -2.21. The van der Waals surface area contributed by atoms with Crippen LogP contribution >= 0.6 is 0 Å². The molecule has 5 rings (SSSR count). The number of fused-ring (bicyclic) bond motifs is 1. The van der Waals surface area contributed by atoms with Gasteiger partial charge in [-0.3, -0.25) is 10.3 Å². The summed E-state index contributed by atoms with van der Waals surface area (Å²) in [6.45, 7) is 8.38. The van der Waals surface area contributed by atoms with E-state index in [1.54, 1.807) is 41.3 Å². The lowest BCUT2D eigenvalue weighted by molar-refractivity contribution is 0.109. The third kappa shape index (κ3) is 5.97. The first-order chi connectivity index (χ1) is 19.2. The van der Waals surface area contributed by atoms with Crippen molar-refractivity contribution in [2.24, 2.45) is 0 Å². The lowest BCUT2D eigenvalue weighted by Gasteiger charge is -2.16. The number of pyridine rings is 1. The molecule has 0 radical (unpaired) electrons. The van der Waals surface area contributed by atoms with E-state index in [-0.39, 0.29) is 18.1 Å². The van der Waals surface area contributed by atoms with Crippen LogP contribution in [0.2, 0.25) is 0 Å². The smallest absolute Gasteiger partial charge is 0.324 e. The van der Waals surface area contributed by atoms with E-state index in [0.717, 1.165) is 33.3 Å². The van der Waals surface area contributed by atoms with Crippen molar-refractivity contribution in [2.45, 2.75) is 39.2 Å². The fourth-order valence-corrected chi connectivity index (χ4v) is 4.35. The molecule has 2 amide bonds. The van der Waals surface area contributed by atoms with Crippen molar-refractivity contribution >= 4 is 28.3 Å². The molecular weight excluding hydrogens is 502 g/mol. The Kier molecular flexibility index (Phi) is 7.53. The third-order valence-corrected chi connectivity index (χ3v) is 6.62. The molecule has 2 aromatic heterocycles. The van der Waals surface area contributed by atoms with Crippen LogP contribution < -0.4 is 15.4 Å². The van der Waals surface area contributed by atoms with Gasteiger partial charge in [0.1, 0.15) is 24.3 Å². The summed E-state index contributed by atoms with van der Waals surface area (Å²) in [6.07, 6.45) is 2.48. The van der Waals surface area contributed by atoms with E-state index in [0.29, 0.717) is 17.3 Å². The summed E-state index contributed by atoms with van der Waals surface area (Å²) in [5.41, 5.74) is 4.04. The summed E-state index contributed by atoms with van der Waals surface area (Å²) in [5, 5.41) is 22.9. The monoisotopic (exact) mass is 535 g/mol. The fourth-order valence-electron chi connectivity index (χ4n) is 4.35. The van der Waals surface area contributed by atoms with Crippen LogP contribution in [0.3, 0.4) is 0 Å². The van der Waals surface area contributed by atoms with Crippen LogP contribution in [0, 0.1) is 6.92 Å². The van der Waals surface area contributed by atoms with E-state index in [4.69, 9.17) is 9.84 Å². The molecule has 8 heteroatoms. The van der Waals surface area contributed by atoms with Gasteiger partial charge >= 0.3 is 6.03 Å². The quantitative estimate of drug-likeness (QED) is 0.213. The Morgan fingerprint density at radius 2 is 1.65 bits per heavy atom. The van der Waals surface area contributed by atoms with Crippen LogP contribution in [0.1, 0.15) is 43.7 Å². The predicted molar refractivity (Wildman–Crippen MR) is 158 cm³/mol. The zero-order valence-corrected chi connectivity index (χ0v) is 23.1. The third-order valence-electron chi connectivity index (χ3n) is 6.62. The summed E-state index contributed by atoms with van der Waals surface area (Å²) in [6, 6.07) is 24.3. The van der Waals surface area contributed by atoms with Crippen molar-refractivity contribution in [3.05, 3.63) is 108 Å². The van der Waals surface area contributed by atoms with Gasteiger partial charge in [0.25, 0.3) is 0 Å². The van der Waals surface area contributed by atoms with E-state index < -0.39 is 6.10 Å². The molecule has 3 aromatic carbocycles. The largest absolute Gasteiger partial charge is 0.490 e. The van der Waals surface area contributed by atoms with Crippen LogP contribution in [-0.2, 0) is 5.41 Å². The number of anilines is 2. The highest BCUT2D eigenvalue weighted by molar-refractivity contribution is 6.07. The molecule has 8 nitrogen and oxygen atoms in total. The van der Waals surface area contributed by atoms with Crippen molar-refractivity contribution in [1.82, 2.24) is 14.8 Å².